The van der Waals surface area contributed by atoms with Crippen LogP contribution >= 0.6 is 0 Å². The van der Waals surface area contributed by atoms with Crippen molar-refractivity contribution in [2.75, 3.05) is 33.9 Å². The van der Waals surface area contributed by atoms with Crippen LogP contribution in [0.4, 0.5) is 4.39 Å². The number of hydrogen-bond donors (Lipinski definition) is 0. The summed E-state index contributed by atoms with van der Waals surface area (Å²) in [5.74, 6) is -0.401. The highest BCUT2D eigenvalue weighted by atomic mass is 19.1. The lowest BCUT2D eigenvalue weighted by Gasteiger charge is -2.33. The summed E-state index contributed by atoms with van der Waals surface area (Å²) < 4.78 is 29.1. The summed E-state index contributed by atoms with van der Waals surface area (Å²) in [5, 5.41) is 9.74. The molecule has 10 heteroatoms. The molecule has 3 aromatic rings. The molecular weight excluding hydrogens is 475 g/mol. The lowest BCUT2D eigenvalue weighted by molar-refractivity contribution is -0.126. The molecule has 198 valence electrons. The smallest absolute Gasteiger partial charge is 0.250 e. The van der Waals surface area contributed by atoms with E-state index in [1.54, 1.807) is 10.9 Å². The Morgan fingerprint density at radius 3 is 2.78 bits per heavy atom. The molecule has 0 aromatic carbocycles. The van der Waals surface area contributed by atoms with Crippen molar-refractivity contribution in [2.24, 2.45) is 5.41 Å². The van der Waals surface area contributed by atoms with Gasteiger partial charge in [-0.1, -0.05) is 26.7 Å². The monoisotopic (exact) mass is 510 g/mol. The highest BCUT2D eigenvalue weighted by molar-refractivity contribution is 5.79. The Labute approximate surface area is 216 Å². The molecule has 0 aliphatic carbocycles. The fraction of sp³-hybridized carbons (Fsp3) is 0.556. The number of likely N-dealkylation sites (tertiary alicyclic amines) is 1. The van der Waals surface area contributed by atoms with E-state index >= 15 is 0 Å². The zero-order valence-corrected chi connectivity index (χ0v) is 22.0. The number of carbonyl (C=O) groups excluding carboxylic acids is 1. The fourth-order valence-corrected chi connectivity index (χ4v) is 5.79. The van der Waals surface area contributed by atoms with Gasteiger partial charge in [0.25, 0.3) is 0 Å². The Hall–Kier alpha value is -3.27. The van der Waals surface area contributed by atoms with Gasteiger partial charge in [0, 0.05) is 55.2 Å². The lowest BCUT2D eigenvalue weighted by Crippen LogP contribution is -2.33. The summed E-state index contributed by atoms with van der Waals surface area (Å²) in [4.78, 5) is 18.4. The van der Waals surface area contributed by atoms with Crippen molar-refractivity contribution in [3.8, 4) is 22.8 Å². The molecule has 0 spiro atoms. The summed E-state index contributed by atoms with van der Waals surface area (Å²) >= 11 is 0. The zero-order valence-electron chi connectivity index (χ0n) is 22.0. The molecule has 1 amide bonds. The molecule has 5 heterocycles. The average Bonchev–Trinajstić information content (AvgIpc) is 3.50. The van der Waals surface area contributed by atoms with Gasteiger partial charge in [-0.15, -0.1) is 0 Å². The second kappa shape index (κ2) is 10.2. The van der Waals surface area contributed by atoms with E-state index in [-0.39, 0.29) is 23.2 Å². The van der Waals surface area contributed by atoms with Crippen LogP contribution in [0.25, 0.3) is 16.9 Å². The third kappa shape index (κ3) is 4.74. The number of halogens is 1. The molecule has 9 nitrogen and oxygen atoms in total. The first-order valence-corrected chi connectivity index (χ1v) is 13.0. The Balaban J connectivity index is 1.55. The number of carbonyl (C=O) groups is 1. The first-order chi connectivity index (χ1) is 17.8. The molecule has 1 saturated heterocycles. The van der Waals surface area contributed by atoms with Crippen molar-refractivity contribution in [1.29, 1.82) is 0 Å². The number of hydrogen-bond acceptors (Lipinski definition) is 6. The van der Waals surface area contributed by atoms with Gasteiger partial charge in [-0.2, -0.15) is 10.2 Å². The van der Waals surface area contributed by atoms with E-state index < -0.39 is 5.82 Å². The molecule has 2 aliphatic heterocycles. The maximum Gasteiger partial charge on any atom is 0.250 e. The van der Waals surface area contributed by atoms with Crippen molar-refractivity contribution < 1.29 is 18.7 Å². The minimum absolute atomic E-state index is 0.0468. The van der Waals surface area contributed by atoms with Gasteiger partial charge in [-0.25, -0.2) is 14.1 Å². The molecule has 2 unspecified atom stereocenters. The van der Waals surface area contributed by atoms with E-state index in [4.69, 9.17) is 19.7 Å². The number of pyridine rings is 1. The number of amides is 1. The second-order valence-corrected chi connectivity index (χ2v) is 10.4. The first kappa shape index (κ1) is 25.4. The molecule has 37 heavy (non-hydrogen) atoms. The van der Waals surface area contributed by atoms with Gasteiger partial charge >= 0.3 is 0 Å². The minimum atomic E-state index is -0.536. The van der Waals surface area contributed by atoms with Crippen LogP contribution in [0.3, 0.4) is 0 Å². The predicted molar refractivity (Wildman–Crippen MR) is 136 cm³/mol. The third-order valence-corrected chi connectivity index (χ3v) is 7.71. The molecule has 2 atom stereocenters. The molecule has 3 aromatic heterocycles. The van der Waals surface area contributed by atoms with Gasteiger partial charge in [0.05, 0.1) is 55.8 Å². The number of unbranched alkanes of at least 4 members (excludes halogenated alkanes) is 1. The van der Waals surface area contributed by atoms with Gasteiger partial charge in [-0.3, -0.25) is 9.48 Å². The Morgan fingerprint density at radius 1 is 1.27 bits per heavy atom. The van der Waals surface area contributed by atoms with Crippen molar-refractivity contribution in [2.45, 2.75) is 58.4 Å². The molecule has 0 saturated carbocycles. The Morgan fingerprint density at radius 2 is 2.08 bits per heavy atom. The third-order valence-electron chi connectivity index (χ3n) is 7.71. The van der Waals surface area contributed by atoms with E-state index in [1.807, 2.05) is 22.8 Å². The van der Waals surface area contributed by atoms with Crippen molar-refractivity contribution in [3.05, 3.63) is 41.7 Å². The van der Waals surface area contributed by atoms with Crippen LogP contribution in [0.2, 0.25) is 0 Å². The SMILES string of the molecule is CCCCC(n1cc(-c2nn(-c3cnc(OC)c(F)c3)c3c2CCOCC3)cn1)C1(C)CC(=O)N(C)C1. The number of fused-ring (bicyclic) bond motifs is 1. The maximum absolute atomic E-state index is 14.5. The van der Waals surface area contributed by atoms with Gasteiger partial charge in [0.2, 0.25) is 11.8 Å². The first-order valence-electron chi connectivity index (χ1n) is 13.0. The number of ether oxygens (including phenoxy) is 2. The summed E-state index contributed by atoms with van der Waals surface area (Å²) in [5.41, 5.74) is 4.14. The van der Waals surface area contributed by atoms with Crippen LogP contribution in [-0.4, -0.2) is 69.3 Å². The van der Waals surface area contributed by atoms with Crippen LogP contribution in [0.5, 0.6) is 5.88 Å². The van der Waals surface area contributed by atoms with Gasteiger partial charge < -0.3 is 14.4 Å². The quantitative estimate of drug-likeness (QED) is 0.455. The van der Waals surface area contributed by atoms with Crippen LogP contribution in [-0.2, 0) is 22.4 Å². The van der Waals surface area contributed by atoms with Gasteiger partial charge in [0.1, 0.15) is 0 Å². The van der Waals surface area contributed by atoms with E-state index in [0.29, 0.717) is 44.7 Å². The summed E-state index contributed by atoms with van der Waals surface area (Å²) in [6, 6.07) is 1.49. The van der Waals surface area contributed by atoms with Gasteiger partial charge in [0.15, 0.2) is 5.82 Å². The second-order valence-electron chi connectivity index (χ2n) is 10.4. The Bertz CT molecular complexity index is 1290. The van der Waals surface area contributed by atoms with E-state index in [1.165, 1.54) is 13.2 Å². The molecule has 5 rings (SSSR count). The van der Waals surface area contributed by atoms with Crippen molar-refractivity contribution >= 4 is 5.91 Å². The summed E-state index contributed by atoms with van der Waals surface area (Å²) in [7, 11) is 3.27. The number of methoxy groups -OCH3 is 1. The molecule has 0 N–H and O–H groups in total. The van der Waals surface area contributed by atoms with Gasteiger partial charge in [-0.05, 0) is 12.8 Å². The maximum atomic E-state index is 14.5. The van der Waals surface area contributed by atoms with Crippen LogP contribution in [0.1, 0.15) is 56.8 Å². The highest BCUT2D eigenvalue weighted by Crippen LogP contribution is 2.43. The number of aromatic nitrogens is 5. The zero-order chi connectivity index (χ0) is 26.2. The lowest BCUT2D eigenvalue weighted by atomic mass is 9.79. The molecule has 0 radical (unpaired) electrons. The predicted octanol–water partition coefficient (Wildman–Crippen LogP) is 3.99. The number of nitrogens with zero attached hydrogens (tertiary/aromatic N) is 6. The van der Waals surface area contributed by atoms with Crippen LogP contribution < -0.4 is 4.74 Å². The minimum Gasteiger partial charge on any atom is -0.479 e. The molecule has 0 bridgehead atoms. The van der Waals surface area contributed by atoms with Crippen molar-refractivity contribution in [1.82, 2.24) is 29.4 Å². The average molecular weight is 511 g/mol. The normalized spacial score (nSPS) is 20.7. The summed E-state index contributed by atoms with van der Waals surface area (Å²) in [6.07, 6.45) is 10.5. The highest BCUT2D eigenvalue weighted by Gasteiger charge is 2.44. The molecule has 1 fully saturated rings. The van der Waals surface area contributed by atoms with E-state index in [2.05, 4.69) is 25.0 Å². The van der Waals surface area contributed by atoms with E-state index in [9.17, 15) is 9.18 Å². The Kier molecular flexibility index (Phi) is 7.02. The largest absolute Gasteiger partial charge is 0.479 e. The fourth-order valence-electron chi connectivity index (χ4n) is 5.79. The molecular formula is C27H35FN6O3. The van der Waals surface area contributed by atoms with Crippen molar-refractivity contribution in [3.63, 3.8) is 0 Å². The molecule has 2 aliphatic rings. The number of rotatable bonds is 8. The standard InChI is InChI=1S/C27H35FN6O3/c1-5-6-7-23(27(2)13-24(35)32(3)17-27)33-16-18(14-30-33)25-20-8-10-37-11-9-22(20)34(31-25)19-12-21(28)26(36-4)29-15-19/h12,14-16,23H,5-11,13,17H2,1-4H3. The summed E-state index contributed by atoms with van der Waals surface area (Å²) in [6.45, 7) is 6.26. The topological polar surface area (TPSA) is 87.3 Å². The van der Waals surface area contributed by atoms with Crippen LogP contribution in [0, 0.1) is 11.2 Å². The van der Waals surface area contributed by atoms with Crippen LogP contribution in [0.15, 0.2) is 24.7 Å². The van der Waals surface area contributed by atoms with E-state index in [0.717, 1.165) is 41.8 Å².